The van der Waals surface area contributed by atoms with Gasteiger partial charge in [0.25, 0.3) is 5.56 Å². The third kappa shape index (κ3) is 4.38. The van der Waals surface area contributed by atoms with Crippen molar-refractivity contribution >= 4 is 11.6 Å². The molecule has 9 heteroatoms. The van der Waals surface area contributed by atoms with E-state index in [0.29, 0.717) is 17.3 Å². The number of rotatable bonds is 5. The lowest BCUT2D eigenvalue weighted by Gasteiger charge is -2.09. The Balaban J connectivity index is 1.68. The first-order valence-electron chi connectivity index (χ1n) is 7.24. The van der Waals surface area contributed by atoms with Crippen molar-refractivity contribution in [3.63, 3.8) is 0 Å². The smallest absolute Gasteiger partial charge is 0.328 e. The standard InChI is InChI=1S/C16H13N5O4/c22-13-4-7-21(16(24)20-13)10-14(23)19-11-2-1-3-12(8-11)25-15-9-17-5-6-18-15/h1-9H,10H2,(H,19,23)(H,20,22,24). The molecule has 3 rings (SSSR count). The quantitative estimate of drug-likeness (QED) is 0.708. The normalized spacial score (nSPS) is 10.2. The van der Waals surface area contributed by atoms with E-state index in [1.165, 1.54) is 30.9 Å². The molecule has 3 aromatic rings. The van der Waals surface area contributed by atoms with E-state index in [4.69, 9.17) is 4.74 Å². The van der Waals surface area contributed by atoms with Gasteiger partial charge < -0.3 is 10.1 Å². The van der Waals surface area contributed by atoms with E-state index >= 15 is 0 Å². The average molecular weight is 339 g/mol. The van der Waals surface area contributed by atoms with Crippen molar-refractivity contribution in [3.8, 4) is 11.6 Å². The first-order chi connectivity index (χ1) is 12.1. The molecule has 0 aliphatic rings. The van der Waals surface area contributed by atoms with Gasteiger partial charge in [0, 0.05) is 36.4 Å². The van der Waals surface area contributed by atoms with Crippen LogP contribution in [0.2, 0.25) is 0 Å². The lowest BCUT2D eigenvalue weighted by atomic mass is 10.3. The zero-order valence-electron chi connectivity index (χ0n) is 12.9. The highest BCUT2D eigenvalue weighted by atomic mass is 16.5. The van der Waals surface area contributed by atoms with E-state index in [2.05, 4.69) is 20.3 Å². The third-order valence-corrected chi connectivity index (χ3v) is 3.09. The van der Waals surface area contributed by atoms with Gasteiger partial charge in [-0.3, -0.25) is 24.1 Å². The molecule has 0 fully saturated rings. The van der Waals surface area contributed by atoms with Crippen molar-refractivity contribution in [3.05, 3.63) is 76.0 Å². The first kappa shape index (κ1) is 16.1. The molecule has 0 aliphatic carbocycles. The zero-order chi connectivity index (χ0) is 17.6. The molecule has 2 heterocycles. The zero-order valence-corrected chi connectivity index (χ0v) is 12.9. The molecule has 0 saturated heterocycles. The number of benzene rings is 1. The number of carbonyl (C=O) groups is 1. The lowest BCUT2D eigenvalue weighted by molar-refractivity contribution is -0.116. The monoisotopic (exact) mass is 339 g/mol. The highest BCUT2D eigenvalue weighted by Gasteiger charge is 2.07. The largest absolute Gasteiger partial charge is 0.437 e. The second-order valence-electron chi connectivity index (χ2n) is 4.96. The Morgan fingerprint density at radius 1 is 1.24 bits per heavy atom. The van der Waals surface area contributed by atoms with Gasteiger partial charge in [-0.1, -0.05) is 6.07 Å². The minimum Gasteiger partial charge on any atom is -0.437 e. The molecule has 0 unspecified atom stereocenters. The summed E-state index contributed by atoms with van der Waals surface area (Å²) in [5.74, 6) is 0.371. The molecule has 0 atom stereocenters. The van der Waals surface area contributed by atoms with Gasteiger partial charge in [0.2, 0.25) is 11.8 Å². The Hall–Kier alpha value is -3.75. The fraction of sp³-hybridized carbons (Fsp3) is 0.0625. The number of nitrogens with zero attached hydrogens (tertiary/aromatic N) is 3. The molecule has 2 N–H and O–H groups in total. The van der Waals surface area contributed by atoms with Crippen LogP contribution in [0.5, 0.6) is 11.6 Å². The summed E-state index contributed by atoms with van der Waals surface area (Å²) >= 11 is 0. The van der Waals surface area contributed by atoms with Crippen molar-refractivity contribution in [2.45, 2.75) is 6.54 Å². The van der Waals surface area contributed by atoms with Crippen LogP contribution in [0.15, 0.2) is 64.7 Å². The highest BCUT2D eigenvalue weighted by molar-refractivity contribution is 5.90. The Morgan fingerprint density at radius 2 is 2.12 bits per heavy atom. The van der Waals surface area contributed by atoms with Gasteiger partial charge >= 0.3 is 5.69 Å². The molecule has 1 aromatic carbocycles. The molecule has 0 spiro atoms. The molecule has 0 saturated carbocycles. The Bertz CT molecular complexity index is 997. The number of H-pyrrole nitrogens is 1. The van der Waals surface area contributed by atoms with Crippen molar-refractivity contribution < 1.29 is 9.53 Å². The summed E-state index contributed by atoms with van der Waals surface area (Å²) in [4.78, 5) is 44.6. The molecule has 0 aliphatic heterocycles. The number of hydrogen-bond acceptors (Lipinski definition) is 6. The van der Waals surface area contributed by atoms with Crippen LogP contribution in [0.25, 0.3) is 0 Å². The van der Waals surface area contributed by atoms with Crippen molar-refractivity contribution in [2.24, 2.45) is 0 Å². The number of nitrogens with one attached hydrogen (secondary N) is 2. The second kappa shape index (κ2) is 7.21. The van der Waals surface area contributed by atoms with Crippen molar-refractivity contribution in [1.29, 1.82) is 0 Å². The predicted molar refractivity (Wildman–Crippen MR) is 88.5 cm³/mol. The first-order valence-corrected chi connectivity index (χ1v) is 7.24. The minimum atomic E-state index is -0.651. The molecule has 9 nitrogen and oxygen atoms in total. The summed E-state index contributed by atoms with van der Waals surface area (Å²) in [5, 5.41) is 2.65. The maximum atomic E-state index is 12.1. The van der Waals surface area contributed by atoms with E-state index < -0.39 is 17.2 Å². The third-order valence-electron chi connectivity index (χ3n) is 3.09. The van der Waals surface area contributed by atoms with Crippen LogP contribution >= 0.6 is 0 Å². The topological polar surface area (TPSA) is 119 Å². The van der Waals surface area contributed by atoms with Crippen molar-refractivity contribution in [1.82, 2.24) is 19.5 Å². The molecular formula is C16H13N5O4. The Kier molecular flexibility index (Phi) is 4.65. The van der Waals surface area contributed by atoms with Gasteiger partial charge in [0.05, 0.1) is 6.20 Å². The van der Waals surface area contributed by atoms with Crippen molar-refractivity contribution in [2.75, 3.05) is 5.32 Å². The summed E-state index contributed by atoms with van der Waals surface area (Å²) in [5.41, 5.74) is -0.679. The Morgan fingerprint density at radius 3 is 2.88 bits per heavy atom. The van der Waals surface area contributed by atoms with Crippen LogP contribution in [-0.2, 0) is 11.3 Å². The van der Waals surface area contributed by atoms with Crippen LogP contribution in [0, 0.1) is 0 Å². The van der Waals surface area contributed by atoms with Crippen LogP contribution in [0.4, 0.5) is 5.69 Å². The fourth-order valence-electron chi connectivity index (χ4n) is 2.02. The average Bonchev–Trinajstić information content (AvgIpc) is 2.59. The summed E-state index contributed by atoms with van der Waals surface area (Å²) in [6.45, 7) is -0.231. The number of hydrogen-bond donors (Lipinski definition) is 2. The number of aromatic nitrogens is 4. The van der Waals surface area contributed by atoms with Crippen LogP contribution < -0.4 is 21.3 Å². The van der Waals surface area contributed by atoms with Gasteiger partial charge in [-0.2, -0.15) is 0 Å². The molecular weight excluding hydrogens is 326 g/mol. The highest BCUT2D eigenvalue weighted by Crippen LogP contribution is 2.21. The van der Waals surface area contributed by atoms with E-state index in [-0.39, 0.29) is 6.54 Å². The van der Waals surface area contributed by atoms with Crippen LogP contribution in [-0.4, -0.2) is 25.4 Å². The van der Waals surface area contributed by atoms with Crippen LogP contribution in [0.3, 0.4) is 0 Å². The number of amides is 1. The number of ether oxygens (including phenoxy) is 1. The van der Waals surface area contributed by atoms with E-state index in [1.54, 1.807) is 24.3 Å². The van der Waals surface area contributed by atoms with E-state index in [9.17, 15) is 14.4 Å². The lowest BCUT2D eigenvalue weighted by Crippen LogP contribution is -2.32. The molecule has 0 radical (unpaired) electrons. The SMILES string of the molecule is O=C(Cn1ccc(=O)[nH]c1=O)Nc1cccc(Oc2cnccn2)c1. The van der Waals surface area contributed by atoms with Gasteiger partial charge in [0.1, 0.15) is 12.3 Å². The molecule has 126 valence electrons. The van der Waals surface area contributed by atoms with Gasteiger partial charge in [-0.05, 0) is 12.1 Å². The predicted octanol–water partition coefficient (Wildman–Crippen LogP) is 0.758. The van der Waals surface area contributed by atoms with E-state index in [0.717, 1.165) is 4.57 Å². The summed E-state index contributed by atoms with van der Waals surface area (Å²) in [6.07, 6.45) is 5.76. The van der Waals surface area contributed by atoms with Gasteiger partial charge in [-0.25, -0.2) is 9.78 Å². The fourth-order valence-corrected chi connectivity index (χ4v) is 2.02. The molecule has 1 amide bonds. The molecule has 2 aromatic heterocycles. The maximum absolute atomic E-state index is 12.1. The van der Waals surface area contributed by atoms with E-state index in [1.807, 2.05) is 0 Å². The number of carbonyl (C=O) groups excluding carboxylic acids is 1. The number of anilines is 1. The van der Waals surface area contributed by atoms with Gasteiger partial charge in [-0.15, -0.1) is 0 Å². The summed E-state index contributed by atoms with van der Waals surface area (Å²) in [7, 11) is 0. The molecule has 0 bridgehead atoms. The number of aromatic amines is 1. The Labute approximate surface area is 141 Å². The van der Waals surface area contributed by atoms with Gasteiger partial charge in [0.15, 0.2) is 0 Å². The summed E-state index contributed by atoms with van der Waals surface area (Å²) < 4.78 is 6.63. The molecule has 25 heavy (non-hydrogen) atoms. The minimum absolute atomic E-state index is 0.231. The second-order valence-corrected chi connectivity index (χ2v) is 4.96. The summed E-state index contributed by atoms with van der Waals surface area (Å²) in [6, 6.07) is 7.87. The maximum Gasteiger partial charge on any atom is 0.328 e. The van der Waals surface area contributed by atoms with Crippen LogP contribution in [0.1, 0.15) is 0 Å².